The second-order valence-corrected chi connectivity index (χ2v) is 19.4. The van der Waals surface area contributed by atoms with Crippen molar-refractivity contribution < 1.29 is 0 Å². The van der Waals surface area contributed by atoms with Crippen LogP contribution in [0.2, 0.25) is 0 Å². The van der Waals surface area contributed by atoms with Crippen molar-refractivity contribution in [2.24, 2.45) is 20.0 Å². The van der Waals surface area contributed by atoms with Crippen LogP contribution >= 0.6 is 92.4 Å². The molecule has 0 spiro atoms. The van der Waals surface area contributed by atoms with Gasteiger partial charge in [-0.25, -0.2) is 19.9 Å². The monoisotopic (exact) mass is 728 g/mol. The predicted molar refractivity (Wildman–Crippen MR) is 194 cm³/mol. The van der Waals surface area contributed by atoms with Gasteiger partial charge in [-0.1, -0.05) is 0 Å². The fourth-order valence-electron chi connectivity index (χ4n) is 5.43. The predicted octanol–water partition coefficient (Wildman–Crippen LogP) is 7.46. The van der Waals surface area contributed by atoms with Crippen LogP contribution in [0.1, 0.15) is 70.5 Å². The van der Waals surface area contributed by atoms with Crippen molar-refractivity contribution >= 4 is 113 Å². The van der Waals surface area contributed by atoms with Gasteiger partial charge in [-0.2, -0.15) is 0 Å². The maximum Gasteiger partial charge on any atom is 0.122 e. The quantitative estimate of drug-likeness (QED) is 0.184. The minimum atomic E-state index is -0.396. The van der Waals surface area contributed by atoms with E-state index in [0.717, 1.165) is 86.0 Å². The van der Waals surface area contributed by atoms with Crippen molar-refractivity contribution in [3.8, 4) is 0 Å². The molecule has 16 heteroatoms. The Kier molecular flexibility index (Phi) is 6.58. The van der Waals surface area contributed by atoms with Gasteiger partial charge in [0.2, 0.25) is 0 Å². The molecule has 0 saturated carbocycles. The number of aliphatic imine (C=N–C) groups is 4. The van der Waals surface area contributed by atoms with Crippen molar-refractivity contribution in [3.05, 3.63) is 64.3 Å². The van der Waals surface area contributed by atoms with Crippen LogP contribution in [-0.4, -0.2) is 63.1 Å². The minimum absolute atomic E-state index is 0.396. The number of nitrogens with zero attached hydrogens (tertiary/aromatic N) is 8. The number of thioether (sulfide) groups is 4. The summed E-state index contributed by atoms with van der Waals surface area (Å²) in [6.45, 7) is 8.72. The van der Waals surface area contributed by atoms with Gasteiger partial charge in [0.15, 0.2) is 0 Å². The summed E-state index contributed by atoms with van der Waals surface area (Å²) in [6, 6.07) is 0. The van der Waals surface area contributed by atoms with E-state index in [1.165, 1.54) is 0 Å². The highest BCUT2D eigenvalue weighted by molar-refractivity contribution is 8.15. The Bertz CT molecular complexity index is 1700. The van der Waals surface area contributed by atoms with Crippen molar-refractivity contribution in [1.82, 2.24) is 19.9 Å². The first-order valence-electron chi connectivity index (χ1n) is 13.9. The Morgan fingerprint density at radius 2 is 0.636 bits per heavy atom. The average molecular weight is 729 g/mol. The molecule has 9 heterocycles. The van der Waals surface area contributed by atoms with E-state index in [2.05, 4.69) is 49.2 Å². The van der Waals surface area contributed by atoms with Gasteiger partial charge in [0.05, 0.1) is 0 Å². The van der Waals surface area contributed by atoms with Crippen LogP contribution in [0.25, 0.3) is 0 Å². The molecule has 44 heavy (non-hydrogen) atoms. The topological polar surface area (TPSA) is 101 Å². The lowest BCUT2D eigenvalue weighted by atomic mass is 10.1. The average Bonchev–Trinajstić information content (AvgIpc) is 3.84. The Balaban J connectivity index is 1.16. The van der Waals surface area contributed by atoms with Gasteiger partial charge in [0, 0.05) is 44.5 Å². The van der Waals surface area contributed by atoms with Gasteiger partial charge in [-0.3, -0.25) is 20.0 Å². The lowest BCUT2D eigenvalue weighted by Gasteiger charge is -2.16. The molecule has 0 aromatic carbocycles. The lowest BCUT2D eigenvalue weighted by molar-refractivity contribution is 0.570. The molecule has 0 radical (unpaired) electrons. The molecular weight excluding hydrogens is 705 g/mol. The maximum atomic E-state index is 5.20. The Hall–Kier alpha value is -1.40. The largest absolute Gasteiger partial charge is 0.262 e. The van der Waals surface area contributed by atoms with E-state index < -0.39 is 22.2 Å². The fourth-order valence-corrected chi connectivity index (χ4v) is 14.3. The van der Waals surface area contributed by atoms with Crippen LogP contribution in [0.15, 0.2) is 41.5 Å². The summed E-state index contributed by atoms with van der Waals surface area (Å²) in [6.07, 6.45) is 0. The summed E-state index contributed by atoms with van der Waals surface area (Å²) in [5.74, 6) is 3.35. The second-order valence-electron chi connectivity index (χ2n) is 12.1. The van der Waals surface area contributed by atoms with E-state index in [9.17, 15) is 0 Å². The van der Waals surface area contributed by atoms with Crippen LogP contribution < -0.4 is 0 Å². The van der Waals surface area contributed by atoms with Gasteiger partial charge >= 0.3 is 0 Å². The third kappa shape index (κ3) is 4.53. The van der Waals surface area contributed by atoms with E-state index in [0.29, 0.717) is 0 Å². The van der Waals surface area contributed by atoms with Crippen LogP contribution in [0, 0.1) is 0 Å². The zero-order valence-corrected chi connectivity index (χ0v) is 30.5. The molecule has 0 unspecified atom stereocenters. The number of thiazole rings is 4. The SMILES string of the molecule is C[C@@]12CSC(=N1)c1csc(n1)[C@]1(C)CSC(=N1)c1csc(n1)[C@]1(C)CSC(=N1)c1csc(n1)[C@]1(C)CSC(=N1)c1csc2n1. The first kappa shape index (κ1) is 28.8. The number of fused-ring (bicyclic) bond motifs is 20. The van der Waals surface area contributed by atoms with Crippen molar-refractivity contribution in [2.45, 2.75) is 49.9 Å². The van der Waals surface area contributed by atoms with Crippen LogP contribution in [-0.2, 0) is 22.2 Å². The summed E-state index contributed by atoms with van der Waals surface area (Å²) in [7, 11) is 0. The normalized spacial score (nSPS) is 32.3. The fraction of sp³-hybridized carbons (Fsp3) is 0.429. The molecule has 9 rings (SSSR count). The zero-order valence-electron chi connectivity index (χ0n) is 24.0. The molecule has 0 fully saturated rings. The smallest absolute Gasteiger partial charge is 0.122 e. The van der Waals surface area contributed by atoms with E-state index in [-0.39, 0.29) is 0 Å². The van der Waals surface area contributed by atoms with Crippen LogP contribution in [0.4, 0.5) is 0 Å². The zero-order chi connectivity index (χ0) is 29.9. The van der Waals surface area contributed by atoms with Crippen molar-refractivity contribution in [3.63, 3.8) is 0 Å². The third-order valence-corrected chi connectivity index (χ3v) is 17.6. The number of aromatic nitrogens is 4. The molecule has 4 aromatic rings. The second kappa shape index (κ2) is 10.1. The van der Waals surface area contributed by atoms with E-state index in [4.69, 9.17) is 39.9 Å². The number of rotatable bonds is 0. The molecule has 16 bridgehead atoms. The Morgan fingerprint density at radius 1 is 0.409 bits per heavy atom. The first-order chi connectivity index (χ1) is 21.1. The van der Waals surface area contributed by atoms with Gasteiger partial charge in [-0.05, 0) is 27.7 Å². The van der Waals surface area contributed by atoms with E-state index >= 15 is 0 Å². The lowest BCUT2D eigenvalue weighted by Crippen LogP contribution is -2.20. The summed E-state index contributed by atoms with van der Waals surface area (Å²) in [5.41, 5.74) is 2.16. The van der Waals surface area contributed by atoms with Gasteiger partial charge < -0.3 is 0 Å². The first-order valence-corrected chi connectivity index (χ1v) is 21.3. The van der Waals surface area contributed by atoms with Crippen molar-refractivity contribution in [1.29, 1.82) is 0 Å². The summed E-state index contributed by atoms with van der Waals surface area (Å²) < 4.78 is 0. The molecule has 4 atom stereocenters. The van der Waals surface area contributed by atoms with Crippen molar-refractivity contribution in [2.75, 3.05) is 23.0 Å². The van der Waals surface area contributed by atoms with E-state index in [1.54, 1.807) is 92.4 Å². The maximum absolute atomic E-state index is 5.20. The Morgan fingerprint density at radius 3 is 0.864 bits per heavy atom. The molecule has 5 aliphatic rings. The summed E-state index contributed by atoms with van der Waals surface area (Å²) >= 11 is 13.7. The highest BCUT2D eigenvalue weighted by atomic mass is 32.2. The highest BCUT2D eigenvalue weighted by Gasteiger charge is 2.43. The number of hydrogen-bond acceptors (Lipinski definition) is 16. The standard InChI is InChI=1S/C28H24N8S8/c1-25-9-41-17(33-25)13-6-38-22(30-13)26(2)11-43-19(35-26)15-8-40-24(32-15)28(4)12-44-20(36-28)16-7-39-23(31-16)27(3)10-42-18(34-27)14-5-37-21(25)29-14/h5-8H,9-12H2,1-4H3/t25-,26-,27-,28-/m0/s1. The molecule has 0 aliphatic carbocycles. The molecule has 5 aliphatic heterocycles. The molecule has 0 amide bonds. The van der Waals surface area contributed by atoms with Gasteiger partial charge in [0.25, 0.3) is 0 Å². The van der Waals surface area contributed by atoms with Gasteiger partial charge in [0.1, 0.15) is 85.1 Å². The number of hydrogen-bond donors (Lipinski definition) is 0. The molecular formula is C28H24N8S8. The molecule has 0 N–H and O–H groups in total. The molecule has 0 saturated heterocycles. The van der Waals surface area contributed by atoms with Crippen LogP contribution in [0.3, 0.4) is 0 Å². The third-order valence-electron chi connectivity index (χ3n) is 8.09. The van der Waals surface area contributed by atoms with Gasteiger partial charge in [-0.15, -0.1) is 92.4 Å². The van der Waals surface area contributed by atoms with Crippen LogP contribution in [0.5, 0.6) is 0 Å². The highest BCUT2D eigenvalue weighted by Crippen LogP contribution is 2.46. The molecule has 8 nitrogen and oxygen atoms in total. The molecule has 4 aromatic heterocycles. The Labute approximate surface area is 287 Å². The van der Waals surface area contributed by atoms with E-state index in [1.807, 2.05) is 0 Å². The molecule has 224 valence electrons. The minimum Gasteiger partial charge on any atom is -0.262 e. The summed E-state index contributed by atoms with van der Waals surface area (Å²) in [4.78, 5) is 41.2. The summed E-state index contributed by atoms with van der Waals surface area (Å²) in [5, 5.41) is 16.5.